The average Bonchev–Trinajstić information content (AvgIpc) is 2.32. The van der Waals surface area contributed by atoms with Gasteiger partial charge < -0.3 is 11.1 Å². The Labute approximate surface area is 124 Å². The lowest BCUT2D eigenvalue weighted by atomic mass is 10.1. The highest BCUT2D eigenvalue weighted by Crippen LogP contribution is 2.29. The van der Waals surface area contributed by atoms with Crippen LogP contribution in [0.3, 0.4) is 0 Å². The van der Waals surface area contributed by atoms with Crippen molar-refractivity contribution in [3.63, 3.8) is 0 Å². The number of aryl methyl sites for hydroxylation is 1. The molecule has 5 heteroatoms. The van der Waals surface area contributed by atoms with E-state index in [1.54, 1.807) is 12.1 Å². The molecule has 0 spiro atoms. The number of hydrogen-bond donors (Lipinski definition) is 2. The highest BCUT2D eigenvalue weighted by Gasteiger charge is 2.12. The predicted octanol–water partition coefficient (Wildman–Crippen LogP) is 4.27. The summed E-state index contributed by atoms with van der Waals surface area (Å²) in [6, 6.07) is 10.5. The number of thiocarbonyl (C=S) groups is 1. The van der Waals surface area contributed by atoms with Gasteiger partial charge in [-0.2, -0.15) is 0 Å². The minimum atomic E-state index is -0.430. The fraction of sp³-hybridized carbons (Fsp3) is 0.0714. The lowest BCUT2D eigenvalue weighted by molar-refractivity contribution is 0.626. The number of rotatable bonds is 3. The summed E-state index contributed by atoms with van der Waals surface area (Å²) in [5, 5.41) is 3.14. The van der Waals surface area contributed by atoms with E-state index in [2.05, 4.69) is 21.2 Å². The third kappa shape index (κ3) is 3.11. The third-order valence-electron chi connectivity index (χ3n) is 2.65. The van der Waals surface area contributed by atoms with Crippen LogP contribution in [0.15, 0.2) is 40.9 Å². The van der Waals surface area contributed by atoms with Gasteiger partial charge in [0.15, 0.2) is 0 Å². The average molecular weight is 339 g/mol. The summed E-state index contributed by atoms with van der Waals surface area (Å²) in [7, 11) is 0. The zero-order chi connectivity index (χ0) is 14.0. The van der Waals surface area contributed by atoms with Gasteiger partial charge in [0.1, 0.15) is 10.8 Å². The van der Waals surface area contributed by atoms with E-state index < -0.39 is 5.82 Å². The summed E-state index contributed by atoms with van der Waals surface area (Å²) >= 11 is 8.36. The smallest absolute Gasteiger partial charge is 0.135 e. The predicted molar refractivity (Wildman–Crippen MR) is 84.4 cm³/mol. The van der Waals surface area contributed by atoms with Crippen molar-refractivity contribution in [1.82, 2.24) is 0 Å². The second kappa shape index (κ2) is 5.67. The summed E-state index contributed by atoms with van der Waals surface area (Å²) < 4.78 is 14.6. The maximum absolute atomic E-state index is 13.7. The molecule has 0 bridgehead atoms. The van der Waals surface area contributed by atoms with Gasteiger partial charge in [-0.25, -0.2) is 4.39 Å². The first-order chi connectivity index (χ1) is 8.99. The van der Waals surface area contributed by atoms with E-state index in [4.69, 9.17) is 18.0 Å². The summed E-state index contributed by atoms with van der Waals surface area (Å²) in [6.07, 6.45) is 0. The number of halogens is 2. The quantitative estimate of drug-likeness (QED) is 0.820. The topological polar surface area (TPSA) is 38.0 Å². The molecule has 0 saturated carbocycles. The van der Waals surface area contributed by atoms with Gasteiger partial charge in [0.2, 0.25) is 0 Å². The van der Waals surface area contributed by atoms with Crippen molar-refractivity contribution < 1.29 is 4.39 Å². The van der Waals surface area contributed by atoms with Crippen molar-refractivity contribution in [3.05, 3.63) is 57.8 Å². The van der Waals surface area contributed by atoms with Crippen molar-refractivity contribution in [3.8, 4) is 0 Å². The van der Waals surface area contributed by atoms with Crippen molar-refractivity contribution >= 4 is 44.5 Å². The van der Waals surface area contributed by atoms with E-state index in [1.165, 1.54) is 6.07 Å². The van der Waals surface area contributed by atoms with Gasteiger partial charge >= 0.3 is 0 Å². The van der Waals surface area contributed by atoms with Crippen molar-refractivity contribution in [2.45, 2.75) is 6.92 Å². The van der Waals surface area contributed by atoms with Gasteiger partial charge in [0.05, 0.1) is 16.9 Å². The van der Waals surface area contributed by atoms with Gasteiger partial charge in [-0.15, -0.1) is 0 Å². The van der Waals surface area contributed by atoms with Crippen LogP contribution in [-0.2, 0) is 0 Å². The van der Waals surface area contributed by atoms with E-state index in [1.807, 2.05) is 25.1 Å². The Bertz CT molecular complexity index is 643. The van der Waals surface area contributed by atoms with Crippen LogP contribution in [0.25, 0.3) is 0 Å². The number of hydrogen-bond acceptors (Lipinski definition) is 2. The first kappa shape index (κ1) is 14.0. The van der Waals surface area contributed by atoms with Gasteiger partial charge in [0.25, 0.3) is 0 Å². The van der Waals surface area contributed by atoms with Gasteiger partial charge in [-0.1, -0.05) is 24.4 Å². The summed E-state index contributed by atoms with van der Waals surface area (Å²) in [6.45, 7) is 2.00. The van der Waals surface area contributed by atoms with Crippen molar-refractivity contribution in [2.75, 3.05) is 5.32 Å². The van der Waals surface area contributed by atoms with Crippen LogP contribution in [0, 0.1) is 12.7 Å². The van der Waals surface area contributed by atoms with Crippen LogP contribution < -0.4 is 11.1 Å². The molecular formula is C14H12BrFN2S. The molecule has 0 saturated heterocycles. The fourth-order valence-corrected chi connectivity index (χ4v) is 2.55. The SMILES string of the molecule is Cc1ccc(Nc2cccc(F)c2C(N)=S)c(Br)c1. The van der Waals surface area contributed by atoms with Gasteiger partial charge in [-0.05, 0) is 52.7 Å². The highest BCUT2D eigenvalue weighted by molar-refractivity contribution is 9.10. The molecule has 3 N–H and O–H groups in total. The highest BCUT2D eigenvalue weighted by atomic mass is 79.9. The molecule has 2 aromatic rings. The molecule has 0 heterocycles. The summed E-state index contributed by atoms with van der Waals surface area (Å²) in [4.78, 5) is 0.0313. The second-order valence-electron chi connectivity index (χ2n) is 4.13. The Morgan fingerprint density at radius 1 is 1.26 bits per heavy atom. The Morgan fingerprint density at radius 2 is 2.00 bits per heavy atom. The lowest BCUT2D eigenvalue weighted by Gasteiger charge is -2.13. The zero-order valence-corrected chi connectivity index (χ0v) is 12.6. The molecule has 19 heavy (non-hydrogen) atoms. The second-order valence-corrected chi connectivity index (χ2v) is 5.43. The molecule has 0 aliphatic rings. The fourth-order valence-electron chi connectivity index (χ4n) is 1.75. The number of benzene rings is 2. The molecule has 0 aromatic heterocycles. The Morgan fingerprint density at radius 3 is 2.63 bits per heavy atom. The molecule has 0 unspecified atom stereocenters. The van der Waals surface area contributed by atoms with Crippen LogP contribution in [-0.4, -0.2) is 4.99 Å². The Balaban J connectivity index is 2.44. The molecule has 0 amide bonds. The first-order valence-electron chi connectivity index (χ1n) is 5.60. The molecule has 2 aromatic carbocycles. The van der Waals surface area contributed by atoms with Gasteiger partial charge in [-0.3, -0.25) is 0 Å². The zero-order valence-electron chi connectivity index (χ0n) is 10.2. The van der Waals surface area contributed by atoms with E-state index in [9.17, 15) is 4.39 Å². The number of nitrogens with one attached hydrogen (secondary N) is 1. The van der Waals surface area contributed by atoms with Crippen molar-refractivity contribution in [1.29, 1.82) is 0 Å². The van der Waals surface area contributed by atoms with Gasteiger partial charge in [0, 0.05) is 4.47 Å². The first-order valence-corrected chi connectivity index (χ1v) is 6.80. The molecule has 0 aliphatic heterocycles. The van der Waals surface area contributed by atoms with Crippen LogP contribution in [0.2, 0.25) is 0 Å². The van der Waals surface area contributed by atoms with Crippen LogP contribution in [0.5, 0.6) is 0 Å². The standard InChI is InChI=1S/C14H12BrFN2S/c1-8-5-6-11(9(15)7-8)18-12-4-2-3-10(16)13(12)14(17)19/h2-7,18H,1H3,(H2,17,19). The molecule has 0 fully saturated rings. The molecule has 2 nitrogen and oxygen atoms in total. The molecule has 98 valence electrons. The minimum Gasteiger partial charge on any atom is -0.389 e. The normalized spacial score (nSPS) is 10.3. The summed E-state index contributed by atoms with van der Waals surface area (Å²) in [5.74, 6) is -0.430. The molecule has 2 rings (SSSR count). The maximum Gasteiger partial charge on any atom is 0.135 e. The van der Waals surface area contributed by atoms with Crippen molar-refractivity contribution in [2.24, 2.45) is 5.73 Å². The van der Waals surface area contributed by atoms with Crippen LogP contribution >= 0.6 is 28.1 Å². The number of anilines is 2. The summed E-state index contributed by atoms with van der Waals surface area (Å²) in [5.41, 5.74) is 8.31. The monoisotopic (exact) mass is 338 g/mol. The Hall–Kier alpha value is -1.46. The number of nitrogens with two attached hydrogens (primary N) is 1. The third-order valence-corrected chi connectivity index (χ3v) is 3.51. The minimum absolute atomic E-state index is 0.0313. The molecule has 0 aliphatic carbocycles. The van der Waals surface area contributed by atoms with E-state index >= 15 is 0 Å². The van der Waals surface area contributed by atoms with E-state index in [0.29, 0.717) is 5.69 Å². The molecular weight excluding hydrogens is 327 g/mol. The van der Waals surface area contributed by atoms with E-state index in [0.717, 1.165) is 15.7 Å². The Kier molecular flexibility index (Phi) is 4.17. The van der Waals surface area contributed by atoms with Crippen LogP contribution in [0.1, 0.15) is 11.1 Å². The lowest BCUT2D eigenvalue weighted by Crippen LogP contribution is -2.14. The molecule has 0 radical (unpaired) electrons. The van der Waals surface area contributed by atoms with Crippen LogP contribution in [0.4, 0.5) is 15.8 Å². The molecule has 0 atom stereocenters. The maximum atomic E-state index is 13.7. The largest absolute Gasteiger partial charge is 0.389 e. The van der Waals surface area contributed by atoms with E-state index in [-0.39, 0.29) is 10.6 Å².